The largest absolute Gasteiger partial charge is 0.348 e. The van der Waals surface area contributed by atoms with Crippen molar-refractivity contribution in [3.63, 3.8) is 0 Å². The first-order valence-electron chi connectivity index (χ1n) is 8.40. The van der Waals surface area contributed by atoms with Gasteiger partial charge in [0.05, 0.1) is 11.1 Å². The van der Waals surface area contributed by atoms with Crippen LogP contribution in [0.5, 0.6) is 0 Å². The molecule has 25 heavy (non-hydrogen) atoms. The van der Waals surface area contributed by atoms with Crippen molar-refractivity contribution in [2.75, 3.05) is 0 Å². The molecule has 1 aromatic heterocycles. The molecule has 2 aromatic rings. The second-order valence-electron chi connectivity index (χ2n) is 6.54. The van der Waals surface area contributed by atoms with Crippen LogP contribution in [0.4, 0.5) is 0 Å². The zero-order chi connectivity index (χ0) is 17.4. The van der Waals surface area contributed by atoms with Crippen molar-refractivity contribution < 1.29 is 9.59 Å². The smallest absolute Gasteiger partial charge is 0.251 e. The quantitative estimate of drug-likeness (QED) is 0.788. The van der Waals surface area contributed by atoms with Gasteiger partial charge in [0, 0.05) is 35.5 Å². The summed E-state index contributed by atoms with van der Waals surface area (Å²) in [7, 11) is 0. The number of fused-ring (bicyclic) bond motifs is 2. The predicted molar refractivity (Wildman–Crippen MR) is 98.5 cm³/mol. The van der Waals surface area contributed by atoms with E-state index in [4.69, 9.17) is 0 Å². The number of nitrogens with one attached hydrogen (secondary N) is 2. The van der Waals surface area contributed by atoms with E-state index in [9.17, 15) is 9.59 Å². The van der Waals surface area contributed by atoms with Crippen LogP contribution in [0.15, 0.2) is 39.7 Å². The van der Waals surface area contributed by atoms with Gasteiger partial charge in [0.15, 0.2) is 10.1 Å². The Bertz CT molecular complexity index is 803. The number of amides is 1. The summed E-state index contributed by atoms with van der Waals surface area (Å²) in [6.45, 7) is 1.54. The summed E-state index contributed by atoms with van der Waals surface area (Å²) in [5.41, 5.74) is 0.677. The second-order valence-corrected chi connectivity index (χ2v) is 8.89. The van der Waals surface area contributed by atoms with Gasteiger partial charge in [-0.2, -0.15) is 0 Å². The molecule has 3 atom stereocenters. The standard InChI is InChI=1S/C18H19N3O2S2/c1-10(22)16-9-19-18(25-16)24-13-5-2-11(3-6-13)17(23)21-15-8-12-4-7-14(15)20-12/h2-3,5-6,9,12,14-15,20H,4,7-8H2,1H3,(H,21,23)/t12-,14+,15-/m1/s1. The number of rotatable bonds is 5. The van der Waals surface area contributed by atoms with E-state index in [1.165, 1.54) is 29.5 Å². The van der Waals surface area contributed by atoms with Crippen molar-refractivity contribution in [1.82, 2.24) is 15.6 Å². The molecule has 2 aliphatic heterocycles. The van der Waals surface area contributed by atoms with Crippen LogP contribution in [0.3, 0.4) is 0 Å². The van der Waals surface area contributed by atoms with Gasteiger partial charge in [-0.25, -0.2) is 4.98 Å². The van der Waals surface area contributed by atoms with Crippen molar-refractivity contribution >= 4 is 34.8 Å². The van der Waals surface area contributed by atoms with Crippen LogP contribution < -0.4 is 10.6 Å². The van der Waals surface area contributed by atoms with Gasteiger partial charge in [0.1, 0.15) is 0 Å². The maximum absolute atomic E-state index is 12.4. The number of nitrogens with zero attached hydrogens (tertiary/aromatic N) is 1. The third-order valence-corrected chi connectivity index (χ3v) is 6.95. The van der Waals surface area contributed by atoms with Crippen LogP contribution in [0.25, 0.3) is 0 Å². The summed E-state index contributed by atoms with van der Waals surface area (Å²) in [5, 5.41) is 6.69. The molecule has 0 saturated carbocycles. The minimum atomic E-state index is -0.0102. The van der Waals surface area contributed by atoms with Crippen LogP contribution >= 0.6 is 23.1 Å². The van der Waals surface area contributed by atoms with Crippen LogP contribution in [0, 0.1) is 0 Å². The van der Waals surface area contributed by atoms with Gasteiger partial charge >= 0.3 is 0 Å². The molecule has 0 spiro atoms. The number of hydrogen-bond donors (Lipinski definition) is 2. The van der Waals surface area contributed by atoms with Gasteiger partial charge in [0.25, 0.3) is 5.91 Å². The molecular formula is C18H19N3O2S2. The molecule has 2 bridgehead atoms. The second kappa shape index (κ2) is 6.90. The molecule has 2 aliphatic rings. The molecular weight excluding hydrogens is 354 g/mol. The molecule has 2 fully saturated rings. The Labute approximate surface area is 154 Å². The third-order valence-electron chi connectivity index (χ3n) is 4.77. The summed E-state index contributed by atoms with van der Waals surface area (Å²) in [6.07, 6.45) is 5.03. The van der Waals surface area contributed by atoms with E-state index < -0.39 is 0 Å². The summed E-state index contributed by atoms with van der Waals surface area (Å²) in [4.78, 5) is 29.7. The minimum absolute atomic E-state index is 0.0102. The molecule has 2 saturated heterocycles. The fourth-order valence-corrected chi connectivity index (χ4v) is 5.33. The van der Waals surface area contributed by atoms with Crippen molar-refractivity contribution in [2.45, 2.75) is 53.5 Å². The summed E-state index contributed by atoms with van der Waals surface area (Å²) < 4.78 is 0.829. The number of benzene rings is 1. The van der Waals surface area contributed by atoms with Crippen molar-refractivity contribution in [1.29, 1.82) is 0 Å². The lowest BCUT2D eigenvalue weighted by atomic mass is 9.95. The van der Waals surface area contributed by atoms with Crippen molar-refractivity contribution in [3.8, 4) is 0 Å². The highest BCUT2D eigenvalue weighted by Crippen LogP contribution is 2.32. The van der Waals surface area contributed by atoms with E-state index >= 15 is 0 Å². The number of hydrogen-bond acceptors (Lipinski definition) is 6. The number of carbonyl (C=O) groups excluding carboxylic acids is 2. The molecule has 4 rings (SSSR count). The maximum atomic E-state index is 12.4. The van der Waals surface area contributed by atoms with Crippen LogP contribution in [0.1, 0.15) is 46.2 Å². The molecule has 1 amide bonds. The SMILES string of the molecule is CC(=O)c1cnc(Sc2ccc(C(=O)N[C@@H]3C[C@H]4CC[C@@H]3N4)cc2)s1. The first kappa shape index (κ1) is 16.8. The molecule has 0 aliphatic carbocycles. The highest BCUT2D eigenvalue weighted by Gasteiger charge is 2.39. The zero-order valence-electron chi connectivity index (χ0n) is 13.8. The van der Waals surface area contributed by atoms with Crippen LogP contribution in [0.2, 0.25) is 0 Å². The predicted octanol–water partition coefficient (Wildman–Crippen LogP) is 3.12. The summed E-state index contributed by atoms with van der Waals surface area (Å²) >= 11 is 2.89. The van der Waals surface area contributed by atoms with Gasteiger partial charge < -0.3 is 10.6 Å². The lowest BCUT2D eigenvalue weighted by Gasteiger charge is -2.21. The molecule has 5 nitrogen and oxygen atoms in total. The van der Waals surface area contributed by atoms with E-state index in [0.717, 1.165) is 22.1 Å². The number of aromatic nitrogens is 1. The average molecular weight is 374 g/mol. The highest BCUT2D eigenvalue weighted by atomic mass is 32.2. The van der Waals surface area contributed by atoms with Gasteiger partial charge in [-0.1, -0.05) is 11.8 Å². The Morgan fingerprint density at radius 2 is 2.08 bits per heavy atom. The lowest BCUT2D eigenvalue weighted by molar-refractivity contribution is 0.0930. The lowest BCUT2D eigenvalue weighted by Crippen LogP contribution is -2.42. The molecule has 2 N–H and O–H groups in total. The molecule has 3 heterocycles. The first-order chi connectivity index (χ1) is 12.1. The average Bonchev–Trinajstić information content (AvgIpc) is 3.32. The molecule has 130 valence electrons. The number of thiazole rings is 1. The van der Waals surface area contributed by atoms with Crippen molar-refractivity contribution in [2.24, 2.45) is 0 Å². The highest BCUT2D eigenvalue weighted by molar-refractivity contribution is 8.01. The fraction of sp³-hybridized carbons (Fsp3) is 0.389. The molecule has 1 aromatic carbocycles. The van der Waals surface area contributed by atoms with E-state index in [2.05, 4.69) is 15.6 Å². The molecule has 7 heteroatoms. The minimum Gasteiger partial charge on any atom is -0.348 e. The van der Waals surface area contributed by atoms with E-state index in [1.54, 1.807) is 13.1 Å². The van der Waals surface area contributed by atoms with Gasteiger partial charge in [-0.05, 0) is 43.5 Å². The number of Topliss-reactive ketones (excluding diaryl/α,β-unsaturated/α-hetero) is 1. The fourth-order valence-electron chi connectivity index (χ4n) is 3.48. The van der Waals surface area contributed by atoms with Gasteiger partial charge in [-0.3, -0.25) is 9.59 Å². The summed E-state index contributed by atoms with van der Waals surface area (Å²) in [5.74, 6) is 0.0236. The van der Waals surface area contributed by atoms with Gasteiger partial charge in [-0.15, -0.1) is 11.3 Å². The Balaban J connectivity index is 1.37. The zero-order valence-corrected chi connectivity index (χ0v) is 15.5. The van der Waals surface area contributed by atoms with Crippen LogP contribution in [-0.4, -0.2) is 34.8 Å². The number of carbonyl (C=O) groups is 2. The van der Waals surface area contributed by atoms with Crippen LogP contribution in [-0.2, 0) is 0 Å². The van der Waals surface area contributed by atoms with Gasteiger partial charge in [0.2, 0.25) is 0 Å². The number of ketones is 1. The van der Waals surface area contributed by atoms with E-state index in [1.807, 2.05) is 24.3 Å². The Morgan fingerprint density at radius 3 is 2.68 bits per heavy atom. The molecule has 0 unspecified atom stereocenters. The Hall–Kier alpha value is -1.70. The van der Waals surface area contributed by atoms with E-state index in [0.29, 0.717) is 22.5 Å². The third kappa shape index (κ3) is 3.63. The first-order valence-corrected chi connectivity index (χ1v) is 10.0. The monoisotopic (exact) mass is 373 g/mol. The van der Waals surface area contributed by atoms with E-state index in [-0.39, 0.29) is 17.7 Å². The Morgan fingerprint density at radius 1 is 1.28 bits per heavy atom. The summed E-state index contributed by atoms with van der Waals surface area (Å²) in [6, 6.07) is 8.80. The Kier molecular flexibility index (Phi) is 4.62. The normalized spacial score (nSPS) is 24.4. The van der Waals surface area contributed by atoms with Crippen molar-refractivity contribution in [3.05, 3.63) is 40.9 Å². The maximum Gasteiger partial charge on any atom is 0.251 e. The molecule has 0 radical (unpaired) electrons. The topological polar surface area (TPSA) is 71.1 Å².